The molecule has 0 bridgehead atoms. The number of hydrogen-bond acceptors (Lipinski definition) is 5. The minimum absolute atomic E-state index is 0.0543. The Labute approximate surface area is 203 Å². The SMILES string of the molecule is CN1CCCN(c2ccc(C(=O)Nc3c(O)cccc3C(=O)Nc3ccc(Cl)cc3)cc2)CC1. The maximum absolute atomic E-state index is 12.9. The van der Waals surface area contributed by atoms with Crippen molar-refractivity contribution in [2.45, 2.75) is 6.42 Å². The molecule has 7 nitrogen and oxygen atoms in total. The van der Waals surface area contributed by atoms with E-state index in [0.29, 0.717) is 16.3 Å². The smallest absolute Gasteiger partial charge is 0.257 e. The number of phenolic OH excluding ortho intramolecular Hbond substituents is 1. The number of benzene rings is 3. The van der Waals surface area contributed by atoms with E-state index in [2.05, 4.69) is 27.5 Å². The zero-order valence-electron chi connectivity index (χ0n) is 18.9. The number of hydrogen-bond donors (Lipinski definition) is 3. The first-order valence-electron chi connectivity index (χ1n) is 11.1. The topological polar surface area (TPSA) is 84.9 Å². The fraction of sp³-hybridized carbons (Fsp3) is 0.231. The van der Waals surface area contributed by atoms with Crippen molar-refractivity contribution >= 4 is 40.5 Å². The van der Waals surface area contributed by atoms with Gasteiger partial charge in [0.15, 0.2) is 0 Å². The molecule has 3 aromatic rings. The van der Waals surface area contributed by atoms with Crippen LogP contribution in [-0.2, 0) is 0 Å². The molecular formula is C26H27ClN4O3. The van der Waals surface area contributed by atoms with Crippen LogP contribution in [-0.4, -0.2) is 55.0 Å². The third-order valence-electron chi connectivity index (χ3n) is 5.84. The molecule has 0 aromatic heterocycles. The summed E-state index contributed by atoms with van der Waals surface area (Å²) in [7, 11) is 2.12. The van der Waals surface area contributed by atoms with E-state index in [0.717, 1.165) is 38.3 Å². The first-order chi connectivity index (χ1) is 16.4. The molecule has 0 spiro atoms. The maximum Gasteiger partial charge on any atom is 0.257 e. The molecule has 0 unspecified atom stereocenters. The van der Waals surface area contributed by atoms with Crippen molar-refractivity contribution < 1.29 is 14.7 Å². The Kier molecular flexibility index (Phi) is 7.35. The standard InChI is InChI=1S/C26H27ClN4O3/c1-30-14-3-15-31(17-16-30)21-12-6-18(7-13-21)25(33)29-24-22(4-2-5-23(24)32)26(34)28-20-10-8-19(27)9-11-20/h2,4-13,32H,3,14-17H2,1H3,(H,28,34)(H,29,33). The van der Waals surface area contributed by atoms with Gasteiger partial charge in [-0.25, -0.2) is 0 Å². The van der Waals surface area contributed by atoms with Crippen LogP contribution in [0.15, 0.2) is 66.7 Å². The van der Waals surface area contributed by atoms with Crippen molar-refractivity contribution in [3.05, 3.63) is 82.9 Å². The van der Waals surface area contributed by atoms with Crippen molar-refractivity contribution in [2.75, 3.05) is 48.8 Å². The average Bonchev–Trinajstić information content (AvgIpc) is 3.06. The van der Waals surface area contributed by atoms with Crippen LogP contribution in [0, 0.1) is 0 Å². The molecule has 8 heteroatoms. The van der Waals surface area contributed by atoms with Gasteiger partial charge in [0.05, 0.1) is 11.3 Å². The molecule has 3 N–H and O–H groups in total. The van der Waals surface area contributed by atoms with Gasteiger partial charge in [0.2, 0.25) is 0 Å². The number of aromatic hydroxyl groups is 1. The number of halogens is 1. The van der Waals surface area contributed by atoms with Crippen LogP contribution in [0.3, 0.4) is 0 Å². The molecule has 2 amide bonds. The van der Waals surface area contributed by atoms with E-state index in [1.165, 1.54) is 6.07 Å². The van der Waals surface area contributed by atoms with Crippen molar-refractivity contribution in [1.29, 1.82) is 0 Å². The molecular weight excluding hydrogens is 452 g/mol. The lowest BCUT2D eigenvalue weighted by molar-refractivity contribution is 0.102. The number of amides is 2. The van der Waals surface area contributed by atoms with E-state index < -0.39 is 11.8 Å². The predicted molar refractivity (Wildman–Crippen MR) is 136 cm³/mol. The molecule has 0 atom stereocenters. The van der Waals surface area contributed by atoms with Gasteiger partial charge in [-0.2, -0.15) is 0 Å². The maximum atomic E-state index is 12.9. The highest BCUT2D eigenvalue weighted by Crippen LogP contribution is 2.29. The average molecular weight is 479 g/mol. The van der Waals surface area contributed by atoms with Crippen LogP contribution in [0.25, 0.3) is 0 Å². The molecule has 1 heterocycles. The summed E-state index contributed by atoms with van der Waals surface area (Å²) in [6.07, 6.45) is 1.09. The molecule has 34 heavy (non-hydrogen) atoms. The van der Waals surface area contributed by atoms with E-state index >= 15 is 0 Å². The summed E-state index contributed by atoms with van der Waals surface area (Å²) in [6.45, 7) is 3.98. The molecule has 0 aliphatic carbocycles. The number of nitrogens with one attached hydrogen (secondary N) is 2. The first-order valence-corrected chi connectivity index (χ1v) is 11.5. The minimum atomic E-state index is -0.463. The van der Waals surface area contributed by atoms with Crippen LogP contribution in [0.5, 0.6) is 5.75 Å². The molecule has 4 rings (SSSR count). The number of anilines is 3. The van der Waals surface area contributed by atoms with Crippen LogP contribution in [0.2, 0.25) is 5.02 Å². The van der Waals surface area contributed by atoms with E-state index in [1.807, 2.05) is 12.1 Å². The zero-order valence-corrected chi connectivity index (χ0v) is 19.7. The van der Waals surface area contributed by atoms with Crippen LogP contribution < -0.4 is 15.5 Å². The zero-order chi connectivity index (χ0) is 24.1. The molecule has 176 valence electrons. The lowest BCUT2D eigenvalue weighted by Gasteiger charge is -2.23. The molecule has 0 saturated carbocycles. The number of likely N-dealkylation sites (N-methyl/N-ethyl adjacent to an activating group) is 1. The quantitative estimate of drug-likeness (QED) is 0.463. The van der Waals surface area contributed by atoms with Gasteiger partial charge in [0, 0.05) is 41.6 Å². The third kappa shape index (κ3) is 5.68. The van der Waals surface area contributed by atoms with E-state index in [9.17, 15) is 14.7 Å². The van der Waals surface area contributed by atoms with E-state index in [4.69, 9.17) is 11.6 Å². The monoisotopic (exact) mass is 478 g/mol. The Morgan fingerprint density at radius 3 is 2.32 bits per heavy atom. The second-order valence-corrected chi connectivity index (χ2v) is 8.74. The number of carbonyl (C=O) groups is 2. The van der Waals surface area contributed by atoms with Gasteiger partial charge in [0.1, 0.15) is 5.75 Å². The largest absolute Gasteiger partial charge is 0.506 e. The Balaban J connectivity index is 1.48. The molecule has 1 aliphatic heterocycles. The van der Waals surface area contributed by atoms with Crippen molar-refractivity contribution in [2.24, 2.45) is 0 Å². The number of nitrogens with zero attached hydrogens (tertiary/aromatic N) is 2. The third-order valence-corrected chi connectivity index (χ3v) is 6.09. The van der Waals surface area contributed by atoms with Crippen molar-refractivity contribution in [3.8, 4) is 5.75 Å². The van der Waals surface area contributed by atoms with Gasteiger partial charge in [-0.15, -0.1) is 0 Å². The van der Waals surface area contributed by atoms with Crippen molar-refractivity contribution in [1.82, 2.24) is 4.90 Å². The highest BCUT2D eigenvalue weighted by Gasteiger charge is 2.19. The fourth-order valence-corrected chi connectivity index (χ4v) is 4.03. The van der Waals surface area contributed by atoms with Gasteiger partial charge in [-0.3, -0.25) is 9.59 Å². The molecule has 0 radical (unpaired) electrons. The van der Waals surface area contributed by atoms with E-state index in [-0.39, 0.29) is 17.0 Å². The van der Waals surface area contributed by atoms with Gasteiger partial charge in [-0.1, -0.05) is 17.7 Å². The highest BCUT2D eigenvalue weighted by molar-refractivity contribution is 6.30. The van der Waals surface area contributed by atoms with Gasteiger partial charge < -0.3 is 25.5 Å². The number of carbonyl (C=O) groups excluding carboxylic acids is 2. The Hall–Kier alpha value is -3.55. The number of rotatable bonds is 5. The second-order valence-electron chi connectivity index (χ2n) is 8.31. The van der Waals surface area contributed by atoms with Gasteiger partial charge in [0.25, 0.3) is 11.8 Å². The number of para-hydroxylation sites is 1. The molecule has 3 aromatic carbocycles. The Bertz CT molecular complexity index is 1170. The van der Waals surface area contributed by atoms with E-state index in [1.54, 1.807) is 48.5 Å². The summed E-state index contributed by atoms with van der Waals surface area (Å²) >= 11 is 5.90. The normalized spacial score (nSPS) is 14.4. The Morgan fingerprint density at radius 2 is 1.59 bits per heavy atom. The summed E-state index contributed by atoms with van der Waals surface area (Å²) in [5.41, 5.74) is 2.25. The summed E-state index contributed by atoms with van der Waals surface area (Å²) in [6, 6.07) is 18.6. The molecule has 1 fully saturated rings. The van der Waals surface area contributed by atoms with Crippen molar-refractivity contribution in [3.63, 3.8) is 0 Å². The fourth-order valence-electron chi connectivity index (χ4n) is 3.91. The summed E-state index contributed by atoms with van der Waals surface area (Å²) in [5.74, 6) is -1.07. The first kappa shape index (κ1) is 23.6. The molecule has 1 saturated heterocycles. The molecule has 1 aliphatic rings. The number of phenols is 1. The predicted octanol–water partition coefficient (Wildman–Crippen LogP) is 4.69. The van der Waals surface area contributed by atoms with Crippen LogP contribution >= 0.6 is 11.6 Å². The lowest BCUT2D eigenvalue weighted by atomic mass is 10.1. The van der Waals surface area contributed by atoms with Crippen LogP contribution in [0.1, 0.15) is 27.1 Å². The van der Waals surface area contributed by atoms with Gasteiger partial charge >= 0.3 is 0 Å². The summed E-state index contributed by atoms with van der Waals surface area (Å²) in [4.78, 5) is 30.4. The lowest BCUT2D eigenvalue weighted by Crippen LogP contribution is -2.28. The highest BCUT2D eigenvalue weighted by atomic mass is 35.5. The minimum Gasteiger partial charge on any atom is -0.506 e. The second kappa shape index (κ2) is 10.6. The summed E-state index contributed by atoms with van der Waals surface area (Å²) in [5, 5.41) is 16.4. The summed E-state index contributed by atoms with van der Waals surface area (Å²) < 4.78 is 0. The van der Waals surface area contributed by atoms with Crippen LogP contribution in [0.4, 0.5) is 17.1 Å². The van der Waals surface area contributed by atoms with Gasteiger partial charge in [-0.05, 0) is 80.7 Å². The Morgan fingerprint density at radius 1 is 0.853 bits per heavy atom.